The van der Waals surface area contributed by atoms with Gasteiger partial charge in [-0.25, -0.2) is 4.98 Å². The summed E-state index contributed by atoms with van der Waals surface area (Å²) in [7, 11) is 0. The van der Waals surface area contributed by atoms with Crippen LogP contribution in [0, 0.1) is 0 Å². The number of hydrogen-bond donors (Lipinski definition) is 1. The molecule has 0 radical (unpaired) electrons. The molecule has 2 rings (SSSR count). The van der Waals surface area contributed by atoms with E-state index in [1.54, 1.807) is 11.6 Å². The third-order valence-corrected chi connectivity index (χ3v) is 2.98. The Morgan fingerprint density at radius 2 is 2.05 bits per heavy atom. The SMILES string of the molecule is CC(Nc1ccccc1OC(F)(F)F)c1cscn1. The van der Waals surface area contributed by atoms with Crippen LogP contribution in [0.4, 0.5) is 18.9 Å². The molecule has 0 saturated carbocycles. The molecular weight excluding hydrogens is 277 g/mol. The lowest BCUT2D eigenvalue weighted by atomic mass is 10.2. The van der Waals surface area contributed by atoms with E-state index in [1.165, 1.54) is 29.5 Å². The number of hydrogen-bond acceptors (Lipinski definition) is 4. The van der Waals surface area contributed by atoms with Crippen molar-refractivity contribution in [1.82, 2.24) is 4.98 Å². The molecule has 0 aliphatic carbocycles. The molecule has 1 aromatic carbocycles. The molecule has 0 saturated heterocycles. The summed E-state index contributed by atoms with van der Waals surface area (Å²) in [4.78, 5) is 4.11. The number of halogens is 3. The van der Waals surface area contributed by atoms with Crippen molar-refractivity contribution in [2.75, 3.05) is 5.32 Å². The summed E-state index contributed by atoms with van der Waals surface area (Å²) in [6.07, 6.45) is -4.71. The summed E-state index contributed by atoms with van der Waals surface area (Å²) >= 11 is 1.43. The van der Waals surface area contributed by atoms with Crippen LogP contribution in [0.5, 0.6) is 5.75 Å². The molecule has 19 heavy (non-hydrogen) atoms. The maximum absolute atomic E-state index is 12.3. The van der Waals surface area contributed by atoms with E-state index in [2.05, 4.69) is 15.0 Å². The minimum Gasteiger partial charge on any atom is -0.404 e. The van der Waals surface area contributed by atoms with Gasteiger partial charge >= 0.3 is 6.36 Å². The molecule has 0 aliphatic heterocycles. The fourth-order valence-electron chi connectivity index (χ4n) is 1.54. The van der Waals surface area contributed by atoms with Crippen LogP contribution in [-0.4, -0.2) is 11.3 Å². The average molecular weight is 288 g/mol. The summed E-state index contributed by atoms with van der Waals surface area (Å²) in [6.45, 7) is 1.82. The van der Waals surface area contributed by atoms with Gasteiger partial charge in [-0.1, -0.05) is 12.1 Å². The van der Waals surface area contributed by atoms with Crippen LogP contribution in [0.25, 0.3) is 0 Å². The van der Waals surface area contributed by atoms with E-state index >= 15 is 0 Å². The van der Waals surface area contributed by atoms with E-state index in [0.29, 0.717) is 0 Å². The first-order valence-corrected chi connectivity index (χ1v) is 6.39. The van der Waals surface area contributed by atoms with E-state index < -0.39 is 6.36 Å². The van der Waals surface area contributed by atoms with Crippen molar-refractivity contribution >= 4 is 17.0 Å². The van der Waals surface area contributed by atoms with Crippen molar-refractivity contribution in [2.45, 2.75) is 19.3 Å². The number of ether oxygens (including phenoxy) is 1. The van der Waals surface area contributed by atoms with Gasteiger partial charge in [-0.15, -0.1) is 24.5 Å². The van der Waals surface area contributed by atoms with Crippen LogP contribution in [0.3, 0.4) is 0 Å². The average Bonchev–Trinajstić information content (AvgIpc) is 2.83. The highest BCUT2D eigenvalue weighted by Gasteiger charge is 2.32. The molecule has 0 fully saturated rings. The van der Waals surface area contributed by atoms with E-state index in [1.807, 2.05) is 12.3 Å². The van der Waals surface area contributed by atoms with Crippen molar-refractivity contribution in [2.24, 2.45) is 0 Å². The van der Waals surface area contributed by atoms with E-state index in [0.717, 1.165) is 5.69 Å². The fourth-order valence-corrected chi connectivity index (χ4v) is 2.19. The van der Waals surface area contributed by atoms with Crippen molar-refractivity contribution < 1.29 is 17.9 Å². The maximum atomic E-state index is 12.3. The molecule has 7 heteroatoms. The number of para-hydroxylation sites is 2. The molecular formula is C12H11F3N2OS. The molecule has 0 bridgehead atoms. The molecule has 1 unspecified atom stereocenters. The minimum absolute atomic E-state index is 0.204. The predicted octanol–water partition coefficient (Wildman–Crippen LogP) is 4.21. The molecule has 102 valence electrons. The largest absolute Gasteiger partial charge is 0.573 e. The number of thiazole rings is 1. The molecule has 1 atom stereocenters. The number of anilines is 1. The third kappa shape index (κ3) is 3.85. The van der Waals surface area contributed by atoms with Gasteiger partial charge in [0.1, 0.15) is 0 Å². The number of benzene rings is 1. The second kappa shape index (κ2) is 5.48. The molecule has 0 amide bonds. The molecule has 3 nitrogen and oxygen atoms in total. The molecule has 0 spiro atoms. The lowest BCUT2D eigenvalue weighted by Crippen LogP contribution is -2.18. The lowest BCUT2D eigenvalue weighted by molar-refractivity contribution is -0.274. The van der Waals surface area contributed by atoms with Crippen LogP contribution in [0.1, 0.15) is 18.7 Å². The minimum atomic E-state index is -4.71. The van der Waals surface area contributed by atoms with Crippen LogP contribution in [-0.2, 0) is 0 Å². The summed E-state index contributed by atoms with van der Waals surface area (Å²) in [5, 5.41) is 4.79. The second-order valence-corrected chi connectivity index (χ2v) is 4.54. The van der Waals surface area contributed by atoms with Crippen LogP contribution in [0.15, 0.2) is 35.2 Å². The van der Waals surface area contributed by atoms with Crippen molar-refractivity contribution in [1.29, 1.82) is 0 Å². The van der Waals surface area contributed by atoms with Gasteiger partial charge in [-0.3, -0.25) is 0 Å². The Bertz CT molecular complexity index is 528. The number of alkyl halides is 3. The highest BCUT2D eigenvalue weighted by Crippen LogP contribution is 2.32. The Kier molecular flexibility index (Phi) is 3.94. The summed E-state index contributed by atoms with van der Waals surface area (Å²) in [6, 6.07) is 5.72. The van der Waals surface area contributed by atoms with Crippen LogP contribution in [0.2, 0.25) is 0 Å². The topological polar surface area (TPSA) is 34.1 Å². The number of nitrogens with zero attached hydrogens (tertiary/aromatic N) is 1. The quantitative estimate of drug-likeness (QED) is 0.915. The first-order valence-electron chi connectivity index (χ1n) is 5.45. The molecule has 1 aromatic heterocycles. The lowest BCUT2D eigenvalue weighted by Gasteiger charge is -2.17. The molecule has 1 heterocycles. The first-order chi connectivity index (χ1) is 8.96. The van der Waals surface area contributed by atoms with Crippen molar-refractivity contribution in [3.63, 3.8) is 0 Å². The molecule has 1 N–H and O–H groups in total. The Balaban J connectivity index is 2.16. The molecule has 0 aliphatic rings. The van der Waals surface area contributed by atoms with Gasteiger partial charge in [-0.05, 0) is 19.1 Å². The van der Waals surface area contributed by atoms with Gasteiger partial charge in [0.2, 0.25) is 0 Å². The van der Waals surface area contributed by atoms with Gasteiger partial charge in [0.15, 0.2) is 5.75 Å². The van der Waals surface area contributed by atoms with Gasteiger partial charge in [-0.2, -0.15) is 0 Å². The van der Waals surface area contributed by atoms with Gasteiger partial charge in [0.05, 0.1) is 22.9 Å². The Morgan fingerprint density at radius 3 is 2.68 bits per heavy atom. The monoisotopic (exact) mass is 288 g/mol. The van der Waals surface area contributed by atoms with Gasteiger partial charge < -0.3 is 10.1 Å². The summed E-state index contributed by atoms with van der Waals surface area (Å²) in [5.74, 6) is -0.253. The zero-order chi connectivity index (χ0) is 13.9. The normalized spacial score (nSPS) is 13.1. The van der Waals surface area contributed by atoms with E-state index in [9.17, 15) is 13.2 Å². The Morgan fingerprint density at radius 1 is 1.32 bits per heavy atom. The fraction of sp³-hybridized carbons (Fsp3) is 0.250. The highest BCUT2D eigenvalue weighted by molar-refractivity contribution is 7.07. The first kappa shape index (κ1) is 13.7. The van der Waals surface area contributed by atoms with Crippen molar-refractivity contribution in [3.8, 4) is 5.75 Å². The van der Waals surface area contributed by atoms with Gasteiger partial charge in [0, 0.05) is 5.38 Å². The standard InChI is InChI=1S/C12H11F3N2OS/c1-8(10-6-19-7-16-10)17-9-4-2-3-5-11(9)18-12(13,14)15/h2-8,17H,1H3. The smallest absolute Gasteiger partial charge is 0.404 e. The van der Waals surface area contributed by atoms with E-state index in [4.69, 9.17) is 0 Å². The summed E-state index contributed by atoms with van der Waals surface area (Å²) < 4.78 is 40.8. The number of aromatic nitrogens is 1. The number of rotatable bonds is 4. The maximum Gasteiger partial charge on any atom is 0.573 e. The number of nitrogens with one attached hydrogen (secondary N) is 1. The summed E-state index contributed by atoms with van der Waals surface area (Å²) in [5.41, 5.74) is 2.72. The second-order valence-electron chi connectivity index (χ2n) is 3.82. The zero-order valence-corrected chi connectivity index (χ0v) is 10.8. The predicted molar refractivity (Wildman–Crippen MR) is 67.3 cm³/mol. The molecule has 2 aromatic rings. The van der Waals surface area contributed by atoms with Crippen LogP contribution < -0.4 is 10.1 Å². The highest BCUT2D eigenvalue weighted by atomic mass is 32.1. The Hall–Kier alpha value is -1.76. The third-order valence-electron chi connectivity index (χ3n) is 2.38. The van der Waals surface area contributed by atoms with Crippen molar-refractivity contribution in [3.05, 3.63) is 40.8 Å². The zero-order valence-electron chi connectivity index (χ0n) is 9.94. The van der Waals surface area contributed by atoms with Gasteiger partial charge in [0.25, 0.3) is 0 Å². The Labute approximate surface area is 112 Å². The van der Waals surface area contributed by atoms with E-state index in [-0.39, 0.29) is 17.5 Å². The van der Waals surface area contributed by atoms with Crippen LogP contribution >= 0.6 is 11.3 Å².